The molecule has 6 atom stereocenters. The molecular weight excluding hydrogens is 670 g/mol. The third-order valence-electron chi connectivity index (χ3n) is 12.7. The standard InChI is InChI=1S/C41H63N7O5/c1-28-39(53-27-44-28)25-52-37-15-12-31-23-46(17-16-30(31)18-37)24-36(50)22-42-41(51)38-21-40(45-32-19-34-13-14-35(20-32)48(34)29(2)49)47(26-43-38)33-10-8-6-4-3-5-7-9-11-33/h12,15,18,27,32-36,38,40,43,45,50H,3-11,13-14,16-17,19-26H2,1-2H3,(H,42,51)/t32-,34+,35-,36-,38?,40?/m0/s1. The Balaban J connectivity index is 0.912. The average molecular weight is 734 g/mol. The van der Waals surface area contributed by atoms with Gasteiger partial charge in [-0.1, -0.05) is 51.0 Å². The molecule has 0 spiro atoms. The van der Waals surface area contributed by atoms with E-state index in [1.807, 2.05) is 13.0 Å². The number of oxazole rings is 1. The van der Waals surface area contributed by atoms with Crippen molar-refractivity contribution in [1.29, 1.82) is 0 Å². The minimum absolute atomic E-state index is 0.0371. The van der Waals surface area contributed by atoms with Crippen LogP contribution >= 0.6 is 0 Å². The van der Waals surface area contributed by atoms with E-state index in [1.54, 1.807) is 6.92 Å². The molecule has 12 nitrogen and oxygen atoms in total. The summed E-state index contributed by atoms with van der Waals surface area (Å²) >= 11 is 0. The normalized spacial score (nSPS) is 28.3. The van der Waals surface area contributed by atoms with Crippen molar-refractivity contribution in [1.82, 2.24) is 35.6 Å². The summed E-state index contributed by atoms with van der Waals surface area (Å²) in [6, 6.07) is 7.37. The first-order chi connectivity index (χ1) is 25.8. The van der Waals surface area contributed by atoms with Crippen LogP contribution in [0.3, 0.4) is 0 Å². The molecule has 7 rings (SSSR count). The average Bonchev–Trinajstić information content (AvgIpc) is 3.70. The van der Waals surface area contributed by atoms with Crippen LogP contribution in [0.1, 0.15) is 119 Å². The minimum Gasteiger partial charge on any atom is -0.486 e. The molecule has 1 aromatic carbocycles. The molecule has 2 bridgehead atoms. The molecule has 0 radical (unpaired) electrons. The molecule has 5 aliphatic rings. The van der Waals surface area contributed by atoms with Crippen molar-refractivity contribution in [3.63, 3.8) is 0 Å². The van der Waals surface area contributed by atoms with Crippen LogP contribution in [0.5, 0.6) is 5.75 Å². The van der Waals surface area contributed by atoms with Gasteiger partial charge in [0.25, 0.3) is 0 Å². The molecule has 292 valence electrons. The van der Waals surface area contributed by atoms with E-state index in [0.717, 1.165) is 62.4 Å². The maximum absolute atomic E-state index is 13.7. The van der Waals surface area contributed by atoms with Crippen LogP contribution in [0.25, 0.3) is 0 Å². The number of aliphatic hydroxyl groups excluding tert-OH is 1. The lowest BCUT2D eigenvalue weighted by molar-refractivity contribution is -0.134. The number of β-amino-alcohol motifs (C(OH)–C–C–N with tert-alkyl or cyclic N) is 1. The highest BCUT2D eigenvalue weighted by atomic mass is 16.5. The van der Waals surface area contributed by atoms with Crippen LogP contribution in [0.4, 0.5) is 0 Å². The fraction of sp³-hybridized carbons (Fsp3) is 0.732. The van der Waals surface area contributed by atoms with Crippen molar-refractivity contribution < 1.29 is 23.8 Å². The second-order valence-electron chi connectivity index (χ2n) is 16.5. The van der Waals surface area contributed by atoms with E-state index in [0.29, 0.717) is 50.4 Å². The number of benzene rings is 1. The lowest BCUT2D eigenvalue weighted by Crippen LogP contribution is -2.66. The number of nitrogens with zero attached hydrogens (tertiary/aromatic N) is 4. The summed E-state index contributed by atoms with van der Waals surface area (Å²) in [5, 5.41) is 21.8. The van der Waals surface area contributed by atoms with Gasteiger partial charge in [0.15, 0.2) is 12.2 Å². The molecule has 1 aliphatic carbocycles. The summed E-state index contributed by atoms with van der Waals surface area (Å²) in [4.78, 5) is 37.2. The Hall–Kier alpha value is -3.03. The van der Waals surface area contributed by atoms with Crippen molar-refractivity contribution >= 4 is 11.8 Å². The number of carbonyl (C=O) groups is 2. The smallest absolute Gasteiger partial charge is 0.237 e. The first-order valence-corrected chi connectivity index (χ1v) is 20.7. The number of carbonyl (C=O) groups excluding carboxylic acids is 2. The van der Waals surface area contributed by atoms with Crippen molar-refractivity contribution in [2.45, 2.75) is 166 Å². The van der Waals surface area contributed by atoms with E-state index in [1.165, 1.54) is 75.3 Å². The van der Waals surface area contributed by atoms with Crippen molar-refractivity contribution in [2.75, 3.05) is 26.3 Å². The number of amides is 2. The van der Waals surface area contributed by atoms with E-state index in [4.69, 9.17) is 9.15 Å². The molecule has 2 amide bonds. The first-order valence-electron chi connectivity index (χ1n) is 20.7. The largest absolute Gasteiger partial charge is 0.486 e. The fourth-order valence-electron chi connectivity index (χ4n) is 9.89. The number of aromatic nitrogens is 1. The van der Waals surface area contributed by atoms with Gasteiger partial charge >= 0.3 is 0 Å². The summed E-state index contributed by atoms with van der Waals surface area (Å²) in [6.45, 7) is 6.98. The predicted octanol–water partition coefficient (Wildman–Crippen LogP) is 4.37. The molecule has 1 aromatic heterocycles. The summed E-state index contributed by atoms with van der Waals surface area (Å²) < 4.78 is 11.4. The number of fused-ring (bicyclic) bond motifs is 3. The van der Waals surface area contributed by atoms with Crippen LogP contribution in [0.2, 0.25) is 0 Å². The zero-order valence-corrected chi connectivity index (χ0v) is 32.1. The van der Waals surface area contributed by atoms with Crippen LogP contribution in [-0.4, -0.2) is 105 Å². The highest BCUT2D eigenvalue weighted by Crippen LogP contribution is 2.36. The maximum Gasteiger partial charge on any atom is 0.237 e. The van der Waals surface area contributed by atoms with Gasteiger partial charge in [-0.05, 0) is 75.1 Å². The Morgan fingerprint density at radius 1 is 1.00 bits per heavy atom. The maximum atomic E-state index is 13.7. The van der Waals surface area contributed by atoms with E-state index in [2.05, 4.69) is 47.8 Å². The van der Waals surface area contributed by atoms with Gasteiger partial charge in [0.05, 0.1) is 30.7 Å². The lowest BCUT2D eigenvalue weighted by Gasteiger charge is -2.47. The number of aliphatic hydroxyl groups is 1. The monoisotopic (exact) mass is 733 g/mol. The molecular formula is C41H63N7O5. The number of aryl methyl sites for hydroxylation is 1. The molecule has 4 N–H and O–H groups in total. The highest BCUT2D eigenvalue weighted by Gasteiger charge is 2.44. The summed E-state index contributed by atoms with van der Waals surface area (Å²) in [6.07, 6.45) is 18.2. The zero-order chi connectivity index (χ0) is 36.7. The zero-order valence-electron chi connectivity index (χ0n) is 32.1. The Kier molecular flexibility index (Phi) is 13.0. The quantitative estimate of drug-likeness (QED) is 0.264. The van der Waals surface area contributed by atoms with Gasteiger partial charge in [-0.3, -0.25) is 30.0 Å². The van der Waals surface area contributed by atoms with E-state index in [9.17, 15) is 14.7 Å². The van der Waals surface area contributed by atoms with E-state index < -0.39 is 6.10 Å². The van der Waals surface area contributed by atoms with Crippen LogP contribution in [0.15, 0.2) is 29.0 Å². The van der Waals surface area contributed by atoms with Gasteiger partial charge in [0, 0.05) is 63.7 Å². The first kappa shape index (κ1) is 38.3. The molecule has 4 fully saturated rings. The Bertz CT molecular complexity index is 1500. The minimum atomic E-state index is -0.660. The molecule has 12 heteroatoms. The van der Waals surface area contributed by atoms with Gasteiger partial charge in [0.1, 0.15) is 12.4 Å². The second kappa shape index (κ2) is 18.1. The van der Waals surface area contributed by atoms with Crippen LogP contribution in [-0.2, 0) is 29.2 Å². The SMILES string of the molecule is CC(=O)N1[C@@H]2CC[C@H]1C[C@@H](NC1CC(C(=O)NC[C@H](O)CN3CCc4cc(OCc5ocnc5C)ccc4C3)NCN1C1CCCCCCCCC1)C2. The molecule has 5 heterocycles. The number of piperidine rings is 1. The third-order valence-corrected chi connectivity index (χ3v) is 12.7. The molecule has 1 saturated carbocycles. The molecule has 53 heavy (non-hydrogen) atoms. The Morgan fingerprint density at radius 3 is 2.43 bits per heavy atom. The third kappa shape index (κ3) is 9.80. The number of hydrogen-bond donors (Lipinski definition) is 4. The fourth-order valence-corrected chi connectivity index (χ4v) is 9.89. The predicted molar refractivity (Wildman–Crippen MR) is 203 cm³/mol. The Labute approximate surface area is 315 Å². The van der Waals surface area contributed by atoms with E-state index in [-0.39, 0.29) is 30.6 Å². The number of hydrogen-bond acceptors (Lipinski definition) is 10. The summed E-state index contributed by atoms with van der Waals surface area (Å²) in [5.41, 5.74) is 3.34. The number of rotatable bonds is 11. The van der Waals surface area contributed by atoms with Crippen LogP contribution in [0, 0.1) is 6.92 Å². The molecule has 2 aromatic rings. The molecule has 4 aliphatic heterocycles. The number of ether oxygens (including phenoxy) is 1. The van der Waals surface area contributed by atoms with E-state index >= 15 is 0 Å². The van der Waals surface area contributed by atoms with Gasteiger partial charge in [-0.2, -0.15) is 0 Å². The summed E-state index contributed by atoms with van der Waals surface area (Å²) in [5.74, 6) is 1.72. The van der Waals surface area contributed by atoms with Gasteiger partial charge < -0.3 is 24.5 Å². The Morgan fingerprint density at radius 2 is 1.74 bits per heavy atom. The van der Waals surface area contributed by atoms with Gasteiger partial charge in [0.2, 0.25) is 11.8 Å². The van der Waals surface area contributed by atoms with Gasteiger partial charge in [-0.25, -0.2) is 4.98 Å². The topological polar surface area (TPSA) is 135 Å². The lowest BCUT2D eigenvalue weighted by atomic mass is 9.93. The van der Waals surface area contributed by atoms with Crippen molar-refractivity contribution in [3.05, 3.63) is 47.2 Å². The van der Waals surface area contributed by atoms with Gasteiger partial charge in [-0.15, -0.1) is 0 Å². The summed E-state index contributed by atoms with van der Waals surface area (Å²) in [7, 11) is 0. The van der Waals surface area contributed by atoms with Crippen molar-refractivity contribution in [2.24, 2.45) is 0 Å². The van der Waals surface area contributed by atoms with Crippen LogP contribution < -0.4 is 20.7 Å². The van der Waals surface area contributed by atoms with Crippen molar-refractivity contribution in [3.8, 4) is 5.75 Å². The molecule has 2 unspecified atom stereocenters. The number of nitrogens with one attached hydrogen (secondary N) is 3. The highest BCUT2D eigenvalue weighted by molar-refractivity contribution is 5.82. The molecule has 3 saturated heterocycles. The second-order valence-corrected chi connectivity index (χ2v) is 16.5.